The summed E-state index contributed by atoms with van der Waals surface area (Å²) >= 11 is 0. The maximum Gasteiger partial charge on any atom is 0.356 e. The fraction of sp³-hybridized carbons (Fsp3) is 0.133. The van der Waals surface area contributed by atoms with Crippen LogP contribution in [-0.2, 0) is 0 Å². The van der Waals surface area contributed by atoms with Gasteiger partial charge in [0.15, 0.2) is 5.69 Å². The fourth-order valence-corrected chi connectivity index (χ4v) is 1.83. The first kappa shape index (κ1) is 14.5. The van der Waals surface area contributed by atoms with Gasteiger partial charge in [0, 0.05) is 11.8 Å². The van der Waals surface area contributed by atoms with Crippen molar-refractivity contribution in [2.75, 3.05) is 12.4 Å². The van der Waals surface area contributed by atoms with Gasteiger partial charge in [-0.3, -0.25) is 4.79 Å². The number of nitrogens with zero attached hydrogens (tertiary/aromatic N) is 1. The lowest BCUT2D eigenvalue weighted by molar-refractivity contribution is 0.0691. The molecule has 21 heavy (non-hydrogen) atoms. The first-order valence-corrected chi connectivity index (χ1v) is 6.17. The molecule has 0 radical (unpaired) electrons. The predicted molar refractivity (Wildman–Crippen MR) is 76.9 cm³/mol. The molecule has 0 atom stereocenters. The van der Waals surface area contributed by atoms with Gasteiger partial charge < -0.3 is 15.2 Å². The Labute approximate surface area is 121 Å². The number of anilines is 1. The number of aromatic nitrogens is 1. The zero-order chi connectivity index (χ0) is 15.4. The molecule has 2 rings (SSSR count). The van der Waals surface area contributed by atoms with E-state index in [2.05, 4.69) is 10.3 Å². The predicted octanol–water partition coefficient (Wildman–Crippen LogP) is 2.35. The van der Waals surface area contributed by atoms with Crippen LogP contribution in [0.3, 0.4) is 0 Å². The number of pyridine rings is 1. The van der Waals surface area contributed by atoms with Gasteiger partial charge in [0.2, 0.25) is 0 Å². The van der Waals surface area contributed by atoms with Crippen LogP contribution in [-0.4, -0.2) is 29.1 Å². The van der Waals surface area contributed by atoms with Gasteiger partial charge in [-0.1, -0.05) is 6.07 Å². The number of carbonyl (C=O) groups is 2. The Morgan fingerprint density at radius 2 is 2.05 bits per heavy atom. The van der Waals surface area contributed by atoms with E-state index in [0.717, 1.165) is 5.56 Å². The van der Waals surface area contributed by atoms with E-state index in [1.165, 1.54) is 19.4 Å². The second-order valence-corrected chi connectivity index (χ2v) is 4.34. The number of hydrogen-bond donors (Lipinski definition) is 2. The van der Waals surface area contributed by atoms with Crippen molar-refractivity contribution in [2.45, 2.75) is 6.92 Å². The maximum absolute atomic E-state index is 12.2. The number of aryl methyl sites for hydroxylation is 1. The van der Waals surface area contributed by atoms with Crippen LogP contribution in [0.5, 0.6) is 5.75 Å². The Bertz CT molecular complexity index is 698. The van der Waals surface area contributed by atoms with E-state index in [0.29, 0.717) is 11.3 Å². The second-order valence-electron chi connectivity index (χ2n) is 4.34. The van der Waals surface area contributed by atoms with E-state index in [1.807, 2.05) is 6.92 Å². The van der Waals surface area contributed by atoms with Crippen LogP contribution >= 0.6 is 0 Å². The lowest BCUT2D eigenvalue weighted by Crippen LogP contribution is -2.15. The van der Waals surface area contributed by atoms with Crippen molar-refractivity contribution < 1.29 is 19.4 Å². The van der Waals surface area contributed by atoms with Crippen molar-refractivity contribution in [3.8, 4) is 5.75 Å². The highest BCUT2D eigenvalue weighted by atomic mass is 16.5. The molecule has 0 unspecified atom stereocenters. The number of benzene rings is 1. The van der Waals surface area contributed by atoms with Crippen LogP contribution < -0.4 is 10.1 Å². The van der Waals surface area contributed by atoms with Crippen molar-refractivity contribution in [3.05, 3.63) is 53.3 Å². The Balaban J connectivity index is 2.28. The largest absolute Gasteiger partial charge is 0.496 e. The van der Waals surface area contributed by atoms with Crippen molar-refractivity contribution in [1.82, 2.24) is 4.98 Å². The molecule has 6 nitrogen and oxygen atoms in total. The molecule has 0 fully saturated rings. The van der Waals surface area contributed by atoms with Gasteiger partial charge in [0.25, 0.3) is 5.91 Å². The minimum atomic E-state index is -1.20. The number of ether oxygens (including phenoxy) is 1. The zero-order valence-corrected chi connectivity index (χ0v) is 11.6. The van der Waals surface area contributed by atoms with Gasteiger partial charge in [0.05, 0.1) is 12.8 Å². The number of hydrogen-bond acceptors (Lipinski definition) is 4. The van der Waals surface area contributed by atoms with Crippen LogP contribution in [0.4, 0.5) is 5.69 Å². The minimum absolute atomic E-state index is 0.148. The molecule has 0 saturated heterocycles. The third-order valence-electron chi connectivity index (χ3n) is 2.93. The topological polar surface area (TPSA) is 88.5 Å². The molecule has 6 heteroatoms. The molecule has 0 aliphatic carbocycles. The van der Waals surface area contributed by atoms with E-state index < -0.39 is 11.9 Å². The third-order valence-corrected chi connectivity index (χ3v) is 2.93. The fourth-order valence-electron chi connectivity index (χ4n) is 1.83. The summed E-state index contributed by atoms with van der Waals surface area (Å²) in [5, 5.41) is 11.6. The molecule has 2 N–H and O–H groups in total. The Kier molecular flexibility index (Phi) is 4.18. The number of methoxy groups -OCH3 is 1. The Morgan fingerprint density at radius 1 is 1.29 bits per heavy atom. The lowest BCUT2D eigenvalue weighted by Gasteiger charge is -2.09. The Hall–Kier alpha value is -2.89. The molecule has 1 aromatic heterocycles. The normalized spacial score (nSPS) is 10.0. The SMILES string of the molecule is COc1cc(C(=O)Nc2cccnc2C(=O)O)ccc1C. The van der Waals surface area contributed by atoms with Gasteiger partial charge in [-0.25, -0.2) is 9.78 Å². The van der Waals surface area contributed by atoms with E-state index in [-0.39, 0.29) is 11.4 Å². The summed E-state index contributed by atoms with van der Waals surface area (Å²) in [6, 6.07) is 8.04. The number of carbonyl (C=O) groups excluding carboxylic acids is 1. The third kappa shape index (κ3) is 3.17. The smallest absolute Gasteiger partial charge is 0.356 e. The van der Waals surface area contributed by atoms with Gasteiger partial charge >= 0.3 is 5.97 Å². The molecular weight excluding hydrogens is 272 g/mol. The summed E-state index contributed by atoms with van der Waals surface area (Å²) in [6.45, 7) is 1.87. The molecule has 0 spiro atoms. The molecule has 0 aliphatic rings. The molecule has 2 aromatic rings. The lowest BCUT2D eigenvalue weighted by atomic mass is 10.1. The molecule has 0 saturated carbocycles. The molecular formula is C15H14N2O4. The van der Waals surface area contributed by atoms with Gasteiger partial charge in [-0.05, 0) is 36.8 Å². The number of aromatic carboxylic acids is 1. The average Bonchev–Trinajstić information content (AvgIpc) is 2.48. The monoisotopic (exact) mass is 286 g/mol. The molecule has 108 valence electrons. The first-order valence-electron chi connectivity index (χ1n) is 6.17. The van der Waals surface area contributed by atoms with Gasteiger partial charge in [-0.15, -0.1) is 0 Å². The molecule has 0 bridgehead atoms. The van der Waals surface area contributed by atoms with Crippen LogP contribution in [0.1, 0.15) is 26.4 Å². The van der Waals surface area contributed by atoms with Crippen molar-refractivity contribution in [1.29, 1.82) is 0 Å². The molecule has 1 amide bonds. The van der Waals surface area contributed by atoms with Crippen molar-refractivity contribution >= 4 is 17.6 Å². The number of carboxylic acid groups (broad SMARTS) is 1. The summed E-state index contributed by atoms with van der Waals surface area (Å²) in [4.78, 5) is 27.0. The number of carboxylic acids is 1. The summed E-state index contributed by atoms with van der Waals surface area (Å²) in [6.07, 6.45) is 1.36. The van der Waals surface area contributed by atoms with Gasteiger partial charge in [-0.2, -0.15) is 0 Å². The first-order chi connectivity index (χ1) is 10.0. The molecule has 1 aromatic carbocycles. The highest BCUT2D eigenvalue weighted by Gasteiger charge is 2.15. The van der Waals surface area contributed by atoms with Crippen LogP contribution in [0.2, 0.25) is 0 Å². The standard InChI is InChI=1S/C15H14N2O4/c1-9-5-6-10(8-12(9)21-2)14(18)17-11-4-3-7-16-13(11)15(19)20/h3-8H,1-2H3,(H,17,18)(H,19,20). The molecule has 0 aliphatic heterocycles. The van der Waals surface area contributed by atoms with Crippen molar-refractivity contribution in [2.24, 2.45) is 0 Å². The highest BCUT2D eigenvalue weighted by molar-refractivity contribution is 6.07. The highest BCUT2D eigenvalue weighted by Crippen LogP contribution is 2.20. The quantitative estimate of drug-likeness (QED) is 0.900. The summed E-state index contributed by atoms with van der Waals surface area (Å²) in [5.74, 6) is -1.04. The van der Waals surface area contributed by atoms with E-state index in [1.54, 1.807) is 24.3 Å². The number of rotatable bonds is 4. The second kappa shape index (κ2) is 6.04. The summed E-state index contributed by atoms with van der Waals surface area (Å²) in [5.41, 5.74) is 1.22. The zero-order valence-electron chi connectivity index (χ0n) is 11.6. The van der Waals surface area contributed by atoms with E-state index >= 15 is 0 Å². The summed E-state index contributed by atoms with van der Waals surface area (Å²) < 4.78 is 5.16. The van der Waals surface area contributed by atoms with Crippen LogP contribution in [0, 0.1) is 6.92 Å². The molecule has 1 heterocycles. The Morgan fingerprint density at radius 3 is 2.71 bits per heavy atom. The van der Waals surface area contributed by atoms with E-state index in [4.69, 9.17) is 9.84 Å². The van der Waals surface area contributed by atoms with E-state index in [9.17, 15) is 9.59 Å². The number of nitrogens with one attached hydrogen (secondary N) is 1. The maximum atomic E-state index is 12.2. The van der Waals surface area contributed by atoms with Gasteiger partial charge in [0.1, 0.15) is 5.75 Å². The minimum Gasteiger partial charge on any atom is -0.496 e. The summed E-state index contributed by atoms with van der Waals surface area (Å²) in [7, 11) is 1.52. The number of amides is 1. The average molecular weight is 286 g/mol. The van der Waals surface area contributed by atoms with Crippen LogP contribution in [0.25, 0.3) is 0 Å². The van der Waals surface area contributed by atoms with Crippen LogP contribution in [0.15, 0.2) is 36.5 Å². The van der Waals surface area contributed by atoms with Crippen molar-refractivity contribution in [3.63, 3.8) is 0 Å².